The number of amides is 1. The van der Waals surface area contributed by atoms with E-state index in [1.54, 1.807) is 12.1 Å². The molecule has 1 fully saturated rings. The number of carbonyl (C=O) groups is 2. The molecule has 17 heavy (non-hydrogen) atoms. The molecule has 2 N–H and O–H groups in total. The van der Waals surface area contributed by atoms with Crippen molar-refractivity contribution >= 4 is 33.5 Å². The van der Waals surface area contributed by atoms with Gasteiger partial charge in [0, 0.05) is 10.2 Å². The molecule has 1 aliphatic carbocycles. The molecule has 0 radical (unpaired) electrons. The van der Waals surface area contributed by atoms with Crippen LogP contribution in [0.15, 0.2) is 28.7 Å². The number of hydrogen-bond donors (Lipinski definition) is 2. The minimum atomic E-state index is -0.924. The van der Waals surface area contributed by atoms with Crippen LogP contribution in [0.3, 0.4) is 0 Å². The number of carbonyl (C=O) groups excluding carboxylic acids is 1. The van der Waals surface area contributed by atoms with Crippen LogP contribution >= 0.6 is 15.9 Å². The molecule has 0 aromatic heterocycles. The Bertz CT molecular complexity index is 469. The van der Waals surface area contributed by atoms with E-state index in [-0.39, 0.29) is 12.3 Å². The molecular formula is C12H12BrNO3. The lowest BCUT2D eigenvalue weighted by atomic mass is 10.0. The van der Waals surface area contributed by atoms with E-state index in [2.05, 4.69) is 21.2 Å². The number of hydrogen-bond acceptors (Lipinski definition) is 2. The molecule has 4 nitrogen and oxygen atoms in total. The molecule has 1 aromatic rings. The Balaban J connectivity index is 2.05. The highest BCUT2D eigenvalue weighted by Gasteiger charge is 2.51. The third-order valence-corrected chi connectivity index (χ3v) is 3.40. The second kappa shape index (κ2) is 4.49. The first kappa shape index (κ1) is 12.1. The zero-order valence-corrected chi connectivity index (χ0v) is 10.7. The second-order valence-corrected chi connectivity index (χ2v) is 5.23. The monoisotopic (exact) mass is 297 g/mol. The Morgan fingerprint density at radius 1 is 1.41 bits per heavy atom. The van der Waals surface area contributed by atoms with Crippen molar-refractivity contribution in [2.45, 2.75) is 19.3 Å². The van der Waals surface area contributed by atoms with Crippen LogP contribution in [0, 0.1) is 5.41 Å². The maximum absolute atomic E-state index is 12.0. The normalized spacial score (nSPS) is 16.3. The number of nitrogens with one attached hydrogen (secondary N) is 1. The van der Waals surface area contributed by atoms with Crippen molar-refractivity contribution in [3.63, 3.8) is 0 Å². The molecule has 0 atom stereocenters. The summed E-state index contributed by atoms with van der Waals surface area (Å²) < 4.78 is 0.874. The van der Waals surface area contributed by atoms with Crippen molar-refractivity contribution in [1.82, 2.24) is 0 Å². The zero-order valence-electron chi connectivity index (χ0n) is 9.07. The molecule has 0 unspecified atom stereocenters. The first-order valence-corrected chi connectivity index (χ1v) is 6.10. The highest BCUT2D eigenvalue weighted by atomic mass is 79.9. The van der Waals surface area contributed by atoms with Crippen molar-refractivity contribution in [3.05, 3.63) is 28.7 Å². The summed E-state index contributed by atoms with van der Waals surface area (Å²) in [5.74, 6) is -1.12. The predicted octanol–water partition coefficient (Wildman–Crippen LogP) is 2.64. The summed E-state index contributed by atoms with van der Waals surface area (Å²) in [6.07, 6.45) is 1.21. The molecule has 0 heterocycles. The smallest absolute Gasteiger partial charge is 0.304 e. The number of rotatable bonds is 4. The maximum atomic E-state index is 12.0. The fourth-order valence-electron chi connectivity index (χ4n) is 1.75. The lowest BCUT2D eigenvalue weighted by molar-refractivity contribution is -0.140. The van der Waals surface area contributed by atoms with Gasteiger partial charge in [0.1, 0.15) is 0 Å². The average molecular weight is 298 g/mol. The molecule has 90 valence electrons. The molecule has 5 heteroatoms. The number of carboxylic acid groups (broad SMARTS) is 1. The van der Waals surface area contributed by atoms with Crippen LogP contribution in [0.1, 0.15) is 19.3 Å². The van der Waals surface area contributed by atoms with Crippen LogP contribution in [0.2, 0.25) is 0 Å². The molecule has 2 rings (SSSR count). The van der Waals surface area contributed by atoms with E-state index in [0.29, 0.717) is 18.5 Å². The van der Waals surface area contributed by atoms with Crippen molar-refractivity contribution in [1.29, 1.82) is 0 Å². The zero-order chi connectivity index (χ0) is 12.5. The summed E-state index contributed by atoms with van der Waals surface area (Å²) in [6.45, 7) is 0. The summed E-state index contributed by atoms with van der Waals surface area (Å²) >= 11 is 3.31. The molecule has 0 saturated heterocycles. The van der Waals surface area contributed by atoms with Crippen LogP contribution < -0.4 is 5.32 Å². The highest BCUT2D eigenvalue weighted by Crippen LogP contribution is 2.49. The Morgan fingerprint density at radius 3 is 2.65 bits per heavy atom. The van der Waals surface area contributed by atoms with Gasteiger partial charge >= 0.3 is 5.97 Å². The average Bonchev–Trinajstić information content (AvgIpc) is 2.98. The van der Waals surface area contributed by atoms with Crippen LogP contribution in [-0.2, 0) is 9.59 Å². The molecule has 1 aliphatic rings. The van der Waals surface area contributed by atoms with Gasteiger partial charge in [0.15, 0.2) is 0 Å². The Hall–Kier alpha value is -1.36. The summed E-state index contributed by atoms with van der Waals surface area (Å²) in [4.78, 5) is 22.6. The largest absolute Gasteiger partial charge is 0.481 e. The molecule has 0 spiro atoms. The van der Waals surface area contributed by atoms with Crippen LogP contribution in [0.5, 0.6) is 0 Å². The van der Waals surface area contributed by atoms with Crippen LogP contribution in [0.4, 0.5) is 5.69 Å². The van der Waals surface area contributed by atoms with Gasteiger partial charge in [0.2, 0.25) is 5.91 Å². The quantitative estimate of drug-likeness (QED) is 0.898. The van der Waals surface area contributed by atoms with Gasteiger partial charge in [-0.15, -0.1) is 0 Å². The van der Waals surface area contributed by atoms with Crippen LogP contribution in [-0.4, -0.2) is 17.0 Å². The van der Waals surface area contributed by atoms with E-state index < -0.39 is 11.4 Å². The fourth-order valence-corrected chi connectivity index (χ4v) is 2.15. The minimum Gasteiger partial charge on any atom is -0.481 e. The Morgan fingerprint density at radius 2 is 2.12 bits per heavy atom. The summed E-state index contributed by atoms with van der Waals surface area (Å²) in [5, 5.41) is 11.5. The van der Waals surface area contributed by atoms with E-state index in [9.17, 15) is 9.59 Å². The Kier molecular flexibility index (Phi) is 3.19. The van der Waals surface area contributed by atoms with Gasteiger partial charge in [-0.2, -0.15) is 0 Å². The first-order valence-electron chi connectivity index (χ1n) is 5.31. The summed E-state index contributed by atoms with van der Waals surface area (Å²) in [5.41, 5.74) is -0.00484. The van der Waals surface area contributed by atoms with Gasteiger partial charge in [0.25, 0.3) is 0 Å². The van der Waals surface area contributed by atoms with E-state index in [1.165, 1.54) is 0 Å². The highest BCUT2D eigenvalue weighted by molar-refractivity contribution is 9.10. The maximum Gasteiger partial charge on any atom is 0.304 e. The van der Waals surface area contributed by atoms with Crippen molar-refractivity contribution in [2.24, 2.45) is 5.41 Å². The van der Waals surface area contributed by atoms with Crippen molar-refractivity contribution in [3.8, 4) is 0 Å². The van der Waals surface area contributed by atoms with Gasteiger partial charge in [-0.25, -0.2) is 0 Å². The SMILES string of the molecule is O=C(O)CC1(C(=O)Nc2cccc(Br)c2)CC1. The van der Waals surface area contributed by atoms with Gasteiger partial charge in [-0.3, -0.25) is 9.59 Å². The van der Waals surface area contributed by atoms with E-state index >= 15 is 0 Å². The Labute approximate surface area is 107 Å². The summed E-state index contributed by atoms with van der Waals surface area (Å²) in [6, 6.07) is 7.24. The molecule has 1 amide bonds. The molecule has 1 aromatic carbocycles. The number of aliphatic carboxylic acids is 1. The second-order valence-electron chi connectivity index (χ2n) is 4.32. The van der Waals surface area contributed by atoms with Crippen molar-refractivity contribution in [2.75, 3.05) is 5.32 Å². The van der Waals surface area contributed by atoms with E-state index in [4.69, 9.17) is 5.11 Å². The first-order chi connectivity index (χ1) is 8.02. The van der Waals surface area contributed by atoms with Crippen LogP contribution in [0.25, 0.3) is 0 Å². The third-order valence-electron chi connectivity index (χ3n) is 2.91. The number of halogens is 1. The van der Waals surface area contributed by atoms with Gasteiger partial charge in [-0.1, -0.05) is 22.0 Å². The van der Waals surface area contributed by atoms with E-state index in [1.807, 2.05) is 12.1 Å². The molecule has 0 bridgehead atoms. The number of carboxylic acids is 1. The summed E-state index contributed by atoms with van der Waals surface area (Å²) in [7, 11) is 0. The van der Waals surface area contributed by atoms with Crippen molar-refractivity contribution < 1.29 is 14.7 Å². The topological polar surface area (TPSA) is 66.4 Å². The van der Waals surface area contributed by atoms with Gasteiger partial charge < -0.3 is 10.4 Å². The standard InChI is InChI=1S/C12H12BrNO3/c13-8-2-1-3-9(6-8)14-11(17)12(4-5-12)7-10(15)16/h1-3,6H,4-5,7H2,(H,14,17)(H,15,16). The van der Waals surface area contributed by atoms with Gasteiger partial charge in [-0.05, 0) is 31.0 Å². The third kappa shape index (κ3) is 2.85. The molecular weight excluding hydrogens is 286 g/mol. The lowest BCUT2D eigenvalue weighted by Gasteiger charge is -2.13. The van der Waals surface area contributed by atoms with Gasteiger partial charge in [0.05, 0.1) is 11.8 Å². The number of benzene rings is 1. The molecule has 1 saturated carbocycles. The minimum absolute atomic E-state index is 0.0904. The number of anilines is 1. The lowest BCUT2D eigenvalue weighted by Crippen LogP contribution is -2.26. The fraction of sp³-hybridized carbons (Fsp3) is 0.333. The van der Waals surface area contributed by atoms with E-state index in [0.717, 1.165) is 4.47 Å². The predicted molar refractivity (Wildman–Crippen MR) is 66.7 cm³/mol. The molecule has 0 aliphatic heterocycles.